The zero-order valence-electron chi connectivity index (χ0n) is 19.4. The first-order chi connectivity index (χ1) is 14.7. The maximum atomic E-state index is 11.4. The summed E-state index contributed by atoms with van der Waals surface area (Å²) in [7, 11) is 0. The van der Waals surface area contributed by atoms with Crippen LogP contribution < -0.4 is 0 Å². The van der Waals surface area contributed by atoms with Crippen molar-refractivity contribution in [2.45, 2.75) is 59.5 Å². The van der Waals surface area contributed by atoms with Crippen LogP contribution >= 0.6 is 0 Å². The maximum Gasteiger partial charge on any atom is 0.343 e. The quantitative estimate of drug-likeness (QED) is 0.275. The first kappa shape index (κ1) is 26.9. The minimum Gasteiger partial charge on any atom is -0.457 e. The van der Waals surface area contributed by atoms with Gasteiger partial charge < -0.3 is 9.47 Å². The van der Waals surface area contributed by atoms with Gasteiger partial charge in [-0.15, -0.1) is 0 Å². The number of cyclic esters (lactones) is 2. The Labute approximate surface area is 189 Å². The SMILES string of the molecule is C=CC(=O)C(C)C(C)=O.C=CC(=O)OC(C)(C)C.O=C1C=C(C23C=CC(CC2)C3)C(=O)O1. The zero-order chi connectivity index (χ0) is 24.7. The molecule has 0 aromatic carbocycles. The average Bonchev–Trinajstić information content (AvgIpc) is 3.41. The summed E-state index contributed by atoms with van der Waals surface area (Å²) in [6.07, 6.45) is 11.0. The Morgan fingerprint density at radius 2 is 1.84 bits per heavy atom. The molecular formula is C25H32O7. The minimum atomic E-state index is -0.512. The van der Waals surface area contributed by atoms with E-state index in [4.69, 9.17) is 4.74 Å². The molecule has 32 heavy (non-hydrogen) atoms. The number of ketones is 2. The Bertz CT molecular complexity index is 869. The van der Waals surface area contributed by atoms with Crippen molar-refractivity contribution in [1.82, 2.24) is 0 Å². The second-order valence-corrected chi connectivity index (χ2v) is 8.96. The Morgan fingerprint density at radius 1 is 1.22 bits per heavy atom. The molecule has 0 amide bonds. The van der Waals surface area contributed by atoms with Crippen molar-refractivity contribution >= 4 is 29.5 Å². The molecule has 3 aliphatic rings. The molecule has 1 fully saturated rings. The third-order valence-electron chi connectivity index (χ3n) is 5.30. The minimum absolute atomic E-state index is 0.111. The van der Waals surface area contributed by atoms with Gasteiger partial charge in [-0.25, -0.2) is 14.4 Å². The smallest absolute Gasteiger partial charge is 0.343 e. The lowest BCUT2D eigenvalue weighted by molar-refractivity contribution is -0.151. The molecule has 7 nitrogen and oxygen atoms in total. The molecule has 0 spiro atoms. The van der Waals surface area contributed by atoms with Crippen LogP contribution in [0.15, 0.2) is 49.1 Å². The number of ether oxygens (including phenoxy) is 2. The van der Waals surface area contributed by atoms with Crippen LogP contribution in [0.25, 0.3) is 0 Å². The van der Waals surface area contributed by atoms with Gasteiger partial charge in [-0.1, -0.05) is 25.3 Å². The van der Waals surface area contributed by atoms with Gasteiger partial charge in [-0.3, -0.25) is 9.59 Å². The van der Waals surface area contributed by atoms with E-state index in [1.807, 2.05) is 20.8 Å². The van der Waals surface area contributed by atoms with Gasteiger partial charge >= 0.3 is 17.9 Å². The summed E-state index contributed by atoms with van der Waals surface area (Å²) >= 11 is 0. The maximum absolute atomic E-state index is 11.4. The Kier molecular flexibility index (Phi) is 9.24. The second kappa shape index (κ2) is 11.0. The molecule has 7 heteroatoms. The van der Waals surface area contributed by atoms with Gasteiger partial charge in [-0.05, 0) is 65.9 Å². The van der Waals surface area contributed by atoms with Gasteiger partial charge in [-0.2, -0.15) is 0 Å². The molecule has 174 valence electrons. The number of Topliss-reactive ketones (excluding diaryl/α,β-unsaturated/α-hetero) is 1. The number of rotatable bonds is 5. The number of carbonyl (C=O) groups excluding carboxylic acids is 5. The van der Waals surface area contributed by atoms with Crippen LogP contribution in [0.5, 0.6) is 0 Å². The number of carbonyl (C=O) groups is 5. The summed E-state index contributed by atoms with van der Waals surface area (Å²) in [6.45, 7) is 14.9. The molecule has 0 aromatic heterocycles. The van der Waals surface area contributed by atoms with Crippen LogP contribution in [0.2, 0.25) is 0 Å². The predicted molar refractivity (Wildman–Crippen MR) is 119 cm³/mol. The average molecular weight is 445 g/mol. The normalized spacial score (nSPS) is 23.5. The van der Waals surface area contributed by atoms with Crippen molar-refractivity contribution in [3.05, 3.63) is 49.1 Å². The van der Waals surface area contributed by atoms with E-state index in [0.717, 1.165) is 25.3 Å². The standard InChI is InChI=1S/C11H10O3.C7H12O2.C7H10O2/c12-9-5-8(10(13)14-9)11-3-1-7(6-11)2-4-11;1-5-6(8)9-7(2,3)4;1-4-7(9)5(2)6(3)8/h1,3,5,7H,2,4,6H2;5H,1H2,2-4H3;4-5H,1H2,2-3H3. The molecule has 1 saturated carbocycles. The Hall–Kier alpha value is -3.09. The van der Waals surface area contributed by atoms with Crippen molar-refractivity contribution in [2.24, 2.45) is 17.3 Å². The monoisotopic (exact) mass is 444 g/mol. The van der Waals surface area contributed by atoms with E-state index >= 15 is 0 Å². The number of hydrogen-bond donors (Lipinski definition) is 0. The zero-order valence-corrected chi connectivity index (χ0v) is 19.4. The van der Waals surface area contributed by atoms with Crippen molar-refractivity contribution in [3.8, 4) is 0 Å². The number of allylic oxidation sites excluding steroid dienone is 3. The van der Waals surface area contributed by atoms with Gasteiger partial charge in [0.2, 0.25) is 0 Å². The predicted octanol–water partition coefficient (Wildman–Crippen LogP) is 3.83. The van der Waals surface area contributed by atoms with Gasteiger partial charge in [0.1, 0.15) is 11.4 Å². The number of fused-ring (bicyclic) bond motifs is 2. The number of esters is 3. The Balaban J connectivity index is 0.000000254. The lowest BCUT2D eigenvalue weighted by atomic mass is 9.80. The fraction of sp³-hybridized carbons (Fsp3) is 0.480. The van der Waals surface area contributed by atoms with Crippen LogP contribution in [-0.2, 0) is 33.4 Å². The summed E-state index contributed by atoms with van der Waals surface area (Å²) in [6, 6.07) is 0. The molecule has 0 aromatic rings. The fourth-order valence-corrected chi connectivity index (χ4v) is 3.51. The van der Waals surface area contributed by atoms with Crippen molar-refractivity contribution < 1.29 is 33.4 Å². The largest absolute Gasteiger partial charge is 0.457 e. The molecule has 0 radical (unpaired) electrons. The third-order valence-corrected chi connectivity index (χ3v) is 5.30. The molecule has 2 aliphatic carbocycles. The first-order valence-corrected chi connectivity index (χ1v) is 10.4. The van der Waals surface area contributed by atoms with Crippen LogP contribution in [0, 0.1) is 17.3 Å². The fourth-order valence-electron chi connectivity index (χ4n) is 3.51. The lowest BCUT2D eigenvalue weighted by Gasteiger charge is -2.22. The van der Waals surface area contributed by atoms with Crippen molar-refractivity contribution in [1.29, 1.82) is 0 Å². The van der Waals surface area contributed by atoms with E-state index in [9.17, 15) is 24.0 Å². The molecule has 3 atom stereocenters. The van der Waals surface area contributed by atoms with Gasteiger partial charge in [0.05, 0.1) is 11.5 Å². The van der Waals surface area contributed by atoms with Gasteiger partial charge in [0.25, 0.3) is 0 Å². The van der Waals surface area contributed by atoms with E-state index in [1.165, 1.54) is 19.1 Å². The summed E-state index contributed by atoms with van der Waals surface area (Å²) in [5.41, 5.74) is -0.00197. The molecule has 0 saturated heterocycles. The molecule has 2 bridgehead atoms. The van der Waals surface area contributed by atoms with Crippen LogP contribution in [-0.4, -0.2) is 35.1 Å². The van der Waals surface area contributed by atoms with E-state index in [2.05, 4.69) is 30.0 Å². The highest BCUT2D eigenvalue weighted by Crippen LogP contribution is 2.54. The van der Waals surface area contributed by atoms with Crippen molar-refractivity contribution in [3.63, 3.8) is 0 Å². The van der Waals surface area contributed by atoms with Crippen LogP contribution in [0.4, 0.5) is 0 Å². The summed E-state index contributed by atoms with van der Waals surface area (Å²) in [5, 5.41) is 0. The third kappa shape index (κ3) is 7.55. The Morgan fingerprint density at radius 3 is 2.09 bits per heavy atom. The molecule has 3 unspecified atom stereocenters. The molecular weight excluding hydrogens is 412 g/mol. The molecule has 3 rings (SSSR count). The summed E-state index contributed by atoms with van der Waals surface area (Å²) in [4.78, 5) is 53.9. The molecule has 1 heterocycles. The molecule has 1 aliphatic heterocycles. The van der Waals surface area contributed by atoms with E-state index in [1.54, 1.807) is 6.92 Å². The first-order valence-electron chi connectivity index (χ1n) is 10.4. The van der Waals surface area contributed by atoms with E-state index in [0.29, 0.717) is 11.5 Å². The highest BCUT2D eigenvalue weighted by Gasteiger charge is 2.48. The summed E-state index contributed by atoms with van der Waals surface area (Å²) < 4.78 is 9.36. The van der Waals surface area contributed by atoms with E-state index in [-0.39, 0.29) is 23.0 Å². The molecule has 0 N–H and O–H groups in total. The lowest BCUT2D eigenvalue weighted by Crippen LogP contribution is -2.22. The topological polar surface area (TPSA) is 104 Å². The van der Waals surface area contributed by atoms with Gasteiger partial charge in [0.15, 0.2) is 5.78 Å². The summed E-state index contributed by atoms with van der Waals surface area (Å²) in [5.74, 6) is -1.56. The second-order valence-electron chi connectivity index (χ2n) is 8.96. The van der Waals surface area contributed by atoms with Crippen molar-refractivity contribution in [2.75, 3.05) is 0 Å². The highest BCUT2D eigenvalue weighted by molar-refractivity contribution is 6.10. The van der Waals surface area contributed by atoms with E-state index < -0.39 is 23.5 Å². The van der Waals surface area contributed by atoms with Crippen LogP contribution in [0.3, 0.4) is 0 Å². The van der Waals surface area contributed by atoms with Gasteiger partial charge in [0, 0.05) is 17.6 Å². The number of hydrogen-bond acceptors (Lipinski definition) is 7. The van der Waals surface area contributed by atoms with Crippen LogP contribution in [0.1, 0.15) is 53.9 Å². The highest BCUT2D eigenvalue weighted by atomic mass is 16.6.